The standard InChI is InChI=1S/C20H25N3O4S/c1-16-5-7-17(8-6-16)13-21-19(24)15-22-14-18(9-10-20(22)25)28(26,27)23-11-3-2-4-12-23/h5-10,14H,2-4,11-13,15H2,1H3,(H,21,24). The highest BCUT2D eigenvalue weighted by Gasteiger charge is 2.26. The van der Waals surface area contributed by atoms with Gasteiger partial charge in [0.15, 0.2) is 0 Å². The van der Waals surface area contributed by atoms with Crippen molar-refractivity contribution in [2.45, 2.75) is 44.2 Å². The molecule has 1 aromatic heterocycles. The summed E-state index contributed by atoms with van der Waals surface area (Å²) in [6, 6.07) is 10.3. The molecule has 0 radical (unpaired) electrons. The number of hydrogen-bond acceptors (Lipinski definition) is 4. The van der Waals surface area contributed by atoms with E-state index in [1.165, 1.54) is 22.6 Å². The van der Waals surface area contributed by atoms with Crippen molar-refractivity contribution in [3.05, 3.63) is 64.1 Å². The van der Waals surface area contributed by atoms with Crippen molar-refractivity contribution in [1.29, 1.82) is 0 Å². The summed E-state index contributed by atoms with van der Waals surface area (Å²) in [5, 5.41) is 2.76. The minimum absolute atomic E-state index is 0.0420. The molecule has 1 saturated heterocycles. The molecule has 1 aromatic carbocycles. The number of sulfonamides is 1. The lowest BCUT2D eigenvalue weighted by molar-refractivity contribution is -0.121. The van der Waals surface area contributed by atoms with Crippen molar-refractivity contribution in [2.75, 3.05) is 13.1 Å². The Morgan fingerprint density at radius 2 is 1.71 bits per heavy atom. The topological polar surface area (TPSA) is 88.5 Å². The Morgan fingerprint density at radius 1 is 1.04 bits per heavy atom. The van der Waals surface area contributed by atoms with E-state index in [9.17, 15) is 18.0 Å². The first-order valence-electron chi connectivity index (χ1n) is 9.39. The van der Waals surface area contributed by atoms with Gasteiger partial charge < -0.3 is 9.88 Å². The number of amides is 1. The largest absolute Gasteiger partial charge is 0.350 e. The molecule has 3 rings (SSSR count). The fraction of sp³-hybridized carbons (Fsp3) is 0.400. The zero-order valence-electron chi connectivity index (χ0n) is 15.9. The van der Waals surface area contributed by atoms with Crippen LogP contribution in [0, 0.1) is 6.92 Å². The minimum Gasteiger partial charge on any atom is -0.350 e. The van der Waals surface area contributed by atoms with Gasteiger partial charge >= 0.3 is 0 Å². The number of carbonyl (C=O) groups excluding carboxylic acids is 1. The number of rotatable bonds is 6. The highest BCUT2D eigenvalue weighted by Crippen LogP contribution is 2.19. The molecule has 0 spiro atoms. The molecule has 1 aliphatic heterocycles. The molecule has 1 fully saturated rings. The van der Waals surface area contributed by atoms with Crippen LogP contribution in [-0.4, -0.2) is 36.3 Å². The molecule has 28 heavy (non-hydrogen) atoms. The fourth-order valence-corrected chi connectivity index (χ4v) is 4.69. The second kappa shape index (κ2) is 8.70. The third-order valence-electron chi connectivity index (χ3n) is 4.83. The van der Waals surface area contributed by atoms with Crippen LogP contribution in [0.15, 0.2) is 52.3 Å². The molecule has 1 aliphatic rings. The second-order valence-corrected chi connectivity index (χ2v) is 9.00. The van der Waals surface area contributed by atoms with Gasteiger partial charge in [-0.15, -0.1) is 0 Å². The molecule has 2 aromatic rings. The van der Waals surface area contributed by atoms with Gasteiger partial charge in [-0.05, 0) is 31.4 Å². The van der Waals surface area contributed by atoms with Gasteiger partial charge in [0.05, 0.1) is 4.90 Å². The predicted molar refractivity (Wildman–Crippen MR) is 106 cm³/mol. The second-order valence-electron chi connectivity index (χ2n) is 7.06. The maximum Gasteiger partial charge on any atom is 0.251 e. The van der Waals surface area contributed by atoms with Crippen LogP contribution in [0.3, 0.4) is 0 Å². The third kappa shape index (κ3) is 4.88. The van der Waals surface area contributed by atoms with E-state index in [0.29, 0.717) is 19.6 Å². The van der Waals surface area contributed by atoms with E-state index in [1.54, 1.807) is 0 Å². The van der Waals surface area contributed by atoms with Crippen LogP contribution < -0.4 is 10.9 Å². The Balaban J connectivity index is 1.69. The SMILES string of the molecule is Cc1ccc(CNC(=O)Cn2cc(S(=O)(=O)N3CCCCC3)ccc2=O)cc1. The van der Waals surface area contributed by atoms with E-state index < -0.39 is 15.6 Å². The first kappa shape index (κ1) is 20.3. The van der Waals surface area contributed by atoms with Gasteiger partial charge in [0.2, 0.25) is 15.9 Å². The summed E-state index contributed by atoms with van der Waals surface area (Å²) in [5.41, 5.74) is 1.67. The van der Waals surface area contributed by atoms with Crippen LogP contribution in [0.4, 0.5) is 0 Å². The maximum absolute atomic E-state index is 12.8. The first-order chi connectivity index (χ1) is 13.4. The number of piperidine rings is 1. The number of pyridine rings is 1. The molecule has 7 nitrogen and oxygen atoms in total. The average molecular weight is 404 g/mol. The van der Waals surface area contributed by atoms with Crippen molar-refractivity contribution in [3.63, 3.8) is 0 Å². The summed E-state index contributed by atoms with van der Waals surface area (Å²) in [6.45, 7) is 3.07. The molecule has 2 heterocycles. The fourth-order valence-electron chi connectivity index (χ4n) is 3.16. The number of benzene rings is 1. The summed E-state index contributed by atoms with van der Waals surface area (Å²) in [4.78, 5) is 24.4. The molecule has 1 N–H and O–H groups in total. The summed E-state index contributed by atoms with van der Waals surface area (Å²) < 4.78 is 28.2. The van der Waals surface area contributed by atoms with Gasteiger partial charge in [-0.3, -0.25) is 9.59 Å². The lowest BCUT2D eigenvalue weighted by Gasteiger charge is -2.26. The van der Waals surface area contributed by atoms with Crippen molar-refractivity contribution in [1.82, 2.24) is 14.2 Å². The van der Waals surface area contributed by atoms with E-state index in [1.807, 2.05) is 31.2 Å². The number of hydrogen-bond donors (Lipinski definition) is 1. The van der Waals surface area contributed by atoms with E-state index >= 15 is 0 Å². The van der Waals surface area contributed by atoms with Gasteiger partial charge in [0, 0.05) is 31.9 Å². The highest BCUT2D eigenvalue weighted by molar-refractivity contribution is 7.89. The van der Waals surface area contributed by atoms with Gasteiger partial charge in [-0.1, -0.05) is 36.2 Å². The Bertz CT molecular complexity index is 991. The van der Waals surface area contributed by atoms with Crippen LogP contribution in [0.1, 0.15) is 30.4 Å². The molecule has 0 saturated carbocycles. The van der Waals surface area contributed by atoms with E-state index in [-0.39, 0.29) is 17.3 Å². The van der Waals surface area contributed by atoms with Crippen molar-refractivity contribution in [3.8, 4) is 0 Å². The van der Waals surface area contributed by atoms with Crippen LogP contribution in [0.5, 0.6) is 0 Å². The Kier molecular flexibility index (Phi) is 6.31. The monoisotopic (exact) mass is 403 g/mol. The van der Waals surface area contributed by atoms with Crippen molar-refractivity contribution < 1.29 is 13.2 Å². The van der Waals surface area contributed by atoms with E-state index in [0.717, 1.165) is 35.0 Å². The molecule has 8 heteroatoms. The molecule has 0 aliphatic carbocycles. The number of aromatic nitrogens is 1. The minimum atomic E-state index is -3.65. The van der Waals surface area contributed by atoms with Gasteiger partial charge in [0.25, 0.3) is 5.56 Å². The zero-order valence-corrected chi connectivity index (χ0v) is 16.7. The molecular weight excluding hydrogens is 378 g/mol. The number of aryl methyl sites for hydroxylation is 1. The van der Waals surface area contributed by atoms with Crippen LogP contribution in [0.2, 0.25) is 0 Å². The first-order valence-corrected chi connectivity index (χ1v) is 10.8. The summed E-state index contributed by atoms with van der Waals surface area (Å²) in [5.74, 6) is -0.352. The van der Waals surface area contributed by atoms with Crippen LogP contribution in [-0.2, 0) is 27.9 Å². The summed E-state index contributed by atoms with van der Waals surface area (Å²) in [7, 11) is -3.65. The van der Waals surface area contributed by atoms with E-state index in [4.69, 9.17) is 0 Å². The summed E-state index contributed by atoms with van der Waals surface area (Å²) >= 11 is 0. The van der Waals surface area contributed by atoms with Crippen LogP contribution in [0.25, 0.3) is 0 Å². The normalized spacial score (nSPS) is 15.3. The zero-order chi connectivity index (χ0) is 20.1. The number of nitrogens with zero attached hydrogens (tertiary/aromatic N) is 2. The lowest BCUT2D eigenvalue weighted by Crippen LogP contribution is -2.37. The van der Waals surface area contributed by atoms with Gasteiger partial charge in [-0.25, -0.2) is 8.42 Å². The maximum atomic E-state index is 12.8. The van der Waals surface area contributed by atoms with Gasteiger partial charge in [-0.2, -0.15) is 4.31 Å². The molecule has 1 amide bonds. The molecule has 0 atom stereocenters. The molecule has 0 bridgehead atoms. The van der Waals surface area contributed by atoms with Crippen LogP contribution >= 0.6 is 0 Å². The highest BCUT2D eigenvalue weighted by atomic mass is 32.2. The average Bonchev–Trinajstić information content (AvgIpc) is 2.70. The van der Waals surface area contributed by atoms with Crippen molar-refractivity contribution >= 4 is 15.9 Å². The Hall–Kier alpha value is -2.45. The summed E-state index contributed by atoms with van der Waals surface area (Å²) in [6.07, 6.45) is 3.95. The van der Waals surface area contributed by atoms with Gasteiger partial charge in [0.1, 0.15) is 6.54 Å². The number of nitrogens with one attached hydrogen (secondary N) is 1. The Morgan fingerprint density at radius 3 is 2.39 bits per heavy atom. The number of carbonyl (C=O) groups is 1. The van der Waals surface area contributed by atoms with E-state index in [2.05, 4.69) is 5.32 Å². The molecule has 0 unspecified atom stereocenters. The Labute approximate surface area is 165 Å². The molecular formula is C20H25N3O4S. The smallest absolute Gasteiger partial charge is 0.251 e. The molecule has 150 valence electrons. The quantitative estimate of drug-likeness (QED) is 0.794. The van der Waals surface area contributed by atoms with Crippen molar-refractivity contribution in [2.24, 2.45) is 0 Å². The predicted octanol–water partition coefficient (Wildman–Crippen LogP) is 1.65. The lowest BCUT2D eigenvalue weighted by atomic mass is 10.1. The third-order valence-corrected chi connectivity index (χ3v) is 6.72.